The van der Waals surface area contributed by atoms with Crippen molar-refractivity contribution in [1.29, 1.82) is 0 Å². The normalized spacial score (nSPS) is 25.8. The molecule has 1 aromatic carbocycles. The zero-order valence-corrected chi connectivity index (χ0v) is 16.9. The third-order valence-electron chi connectivity index (χ3n) is 4.94. The number of nitrogens with zero attached hydrogens (tertiary/aromatic N) is 3. The maximum absolute atomic E-state index is 13.6. The SMILES string of the molecule is O=c1cc(S[C@H]2OC(CO)[C@H](O)[C@H](n3cc(-c4cc(F)c(F)c(F)c4)nn3)C2O)cc[nH]1. The average molecular weight is 470 g/mol. The fourth-order valence-corrected chi connectivity index (χ4v) is 4.46. The third-order valence-corrected chi connectivity index (χ3v) is 6.09. The summed E-state index contributed by atoms with van der Waals surface area (Å²) in [5.74, 6) is -4.44. The van der Waals surface area contributed by atoms with Gasteiger partial charge in [-0.05, 0) is 18.2 Å². The summed E-state index contributed by atoms with van der Waals surface area (Å²) in [4.78, 5) is 14.5. The van der Waals surface area contributed by atoms with Crippen molar-refractivity contribution in [1.82, 2.24) is 20.0 Å². The predicted octanol–water partition coefficient (Wildman–Crippen LogP) is 0.823. The van der Waals surface area contributed by atoms with E-state index in [1.165, 1.54) is 18.5 Å². The molecular formula is C19H17F3N4O5S. The highest BCUT2D eigenvalue weighted by Gasteiger charge is 2.46. The largest absolute Gasteiger partial charge is 0.394 e. The van der Waals surface area contributed by atoms with Gasteiger partial charge >= 0.3 is 0 Å². The molecule has 9 nitrogen and oxygen atoms in total. The Morgan fingerprint density at radius 3 is 2.53 bits per heavy atom. The monoisotopic (exact) mass is 470 g/mol. The van der Waals surface area contributed by atoms with Gasteiger partial charge in [-0.1, -0.05) is 17.0 Å². The molecule has 0 spiro atoms. The van der Waals surface area contributed by atoms with Gasteiger partial charge in [0, 0.05) is 22.7 Å². The van der Waals surface area contributed by atoms with Gasteiger partial charge in [0.1, 0.15) is 35.5 Å². The minimum atomic E-state index is -1.62. The quantitative estimate of drug-likeness (QED) is 0.403. The lowest BCUT2D eigenvalue weighted by Crippen LogP contribution is -2.55. The van der Waals surface area contributed by atoms with Crippen molar-refractivity contribution < 1.29 is 33.2 Å². The van der Waals surface area contributed by atoms with Crippen LogP contribution >= 0.6 is 11.8 Å². The lowest BCUT2D eigenvalue weighted by molar-refractivity contribution is -0.178. The summed E-state index contributed by atoms with van der Waals surface area (Å²) < 4.78 is 47.1. The lowest BCUT2D eigenvalue weighted by Gasteiger charge is -2.41. The highest BCUT2D eigenvalue weighted by Crippen LogP contribution is 2.38. The third kappa shape index (κ3) is 4.29. The maximum Gasteiger partial charge on any atom is 0.249 e. The average Bonchev–Trinajstić information content (AvgIpc) is 3.23. The standard InChI is InChI=1S/C19H17F3N4O5S/c20-10-3-8(4-11(21)15(10)22)12-6-26(25-24-12)16-17(29)13(7-27)31-19(18(16)30)32-9-1-2-23-14(28)5-9/h1-6,13,16-19,27,29-30H,7H2,(H,23,28)/t13?,16-,17-,18?,19+/m0/s1. The van der Waals surface area contributed by atoms with Gasteiger partial charge in [-0.15, -0.1) is 5.10 Å². The fraction of sp³-hybridized carbons (Fsp3) is 0.316. The number of halogens is 3. The first-order chi connectivity index (χ1) is 15.3. The molecule has 4 rings (SSSR count). The number of hydrogen-bond acceptors (Lipinski definition) is 8. The van der Waals surface area contributed by atoms with E-state index in [9.17, 15) is 33.3 Å². The number of aliphatic hydroxyl groups is 3. The van der Waals surface area contributed by atoms with E-state index in [4.69, 9.17) is 4.74 Å². The van der Waals surface area contributed by atoms with E-state index >= 15 is 0 Å². The van der Waals surface area contributed by atoms with Crippen molar-refractivity contribution in [2.24, 2.45) is 0 Å². The number of benzene rings is 1. The van der Waals surface area contributed by atoms with Crippen LogP contribution in [0.4, 0.5) is 13.2 Å². The number of aromatic amines is 1. The number of hydrogen-bond donors (Lipinski definition) is 4. The Labute approximate surface area is 182 Å². The number of H-pyrrole nitrogens is 1. The van der Waals surface area contributed by atoms with Gasteiger partial charge in [-0.25, -0.2) is 17.9 Å². The highest BCUT2D eigenvalue weighted by molar-refractivity contribution is 7.99. The van der Waals surface area contributed by atoms with E-state index in [0.29, 0.717) is 4.90 Å². The number of rotatable bonds is 5. The Kier molecular flexibility index (Phi) is 6.35. The molecule has 13 heteroatoms. The summed E-state index contributed by atoms with van der Waals surface area (Å²) in [6.45, 7) is -0.577. The second kappa shape index (κ2) is 9.03. The molecule has 1 aliphatic heterocycles. The summed E-state index contributed by atoms with van der Waals surface area (Å²) in [6, 6.07) is 3.20. The molecule has 32 heavy (non-hydrogen) atoms. The highest BCUT2D eigenvalue weighted by atomic mass is 32.2. The Balaban J connectivity index is 1.64. The van der Waals surface area contributed by atoms with E-state index in [0.717, 1.165) is 28.6 Å². The summed E-state index contributed by atoms with van der Waals surface area (Å²) in [7, 11) is 0. The Bertz CT molecular complexity index is 1150. The van der Waals surface area contributed by atoms with Crippen molar-refractivity contribution >= 4 is 11.8 Å². The molecule has 0 saturated carbocycles. The van der Waals surface area contributed by atoms with Gasteiger partial charge < -0.3 is 25.0 Å². The molecule has 4 N–H and O–H groups in total. The van der Waals surface area contributed by atoms with Crippen LogP contribution in [0, 0.1) is 17.5 Å². The van der Waals surface area contributed by atoms with Crippen LogP contribution in [0.1, 0.15) is 6.04 Å². The van der Waals surface area contributed by atoms with Crippen LogP contribution in [0.5, 0.6) is 0 Å². The van der Waals surface area contributed by atoms with Crippen LogP contribution in [0.3, 0.4) is 0 Å². The van der Waals surface area contributed by atoms with Crippen molar-refractivity contribution in [3.8, 4) is 11.3 Å². The summed E-state index contributed by atoms with van der Waals surface area (Å²) >= 11 is 0.998. The van der Waals surface area contributed by atoms with Gasteiger partial charge in [0.2, 0.25) is 5.56 Å². The van der Waals surface area contributed by atoms with Crippen LogP contribution in [0.25, 0.3) is 11.3 Å². The van der Waals surface area contributed by atoms with Gasteiger partial charge in [-0.2, -0.15) is 0 Å². The molecule has 1 fully saturated rings. The van der Waals surface area contributed by atoms with Crippen molar-refractivity contribution in [3.05, 3.63) is 64.5 Å². The molecule has 1 aliphatic rings. The van der Waals surface area contributed by atoms with Crippen LogP contribution in [-0.2, 0) is 4.74 Å². The second-order valence-electron chi connectivity index (χ2n) is 7.04. The van der Waals surface area contributed by atoms with Crippen molar-refractivity contribution in [2.45, 2.75) is 34.7 Å². The number of thioether (sulfide) groups is 1. The Hall–Kier alpha value is -2.71. The first kappa shape index (κ1) is 22.5. The molecule has 1 saturated heterocycles. The van der Waals surface area contributed by atoms with Crippen LogP contribution in [0.15, 0.2) is 46.3 Å². The lowest BCUT2D eigenvalue weighted by atomic mass is 9.97. The zero-order chi connectivity index (χ0) is 23.0. The minimum absolute atomic E-state index is 0.0342. The Morgan fingerprint density at radius 1 is 1.16 bits per heavy atom. The van der Waals surface area contributed by atoms with E-state index < -0.39 is 53.8 Å². The summed E-state index contributed by atoms with van der Waals surface area (Å²) in [6.07, 6.45) is -1.26. The molecular weight excluding hydrogens is 453 g/mol. The number of aliphatic hydroxyl groups excluding tert-OH is 3. The molecule has 0 radical (unpaired) electrons. The number of pyridine rings is 1. The molecule has 2 aromatic heterocycles. The first-order valence-corrected chi connectivity index (χ1v) is 10.2. The molecule has 0 amide bonds. The molecule has 3 heterocycles. The second-order valence-corrected chi connectivity index (χ2v) is 8.21. The smallest absolute Gasteiger partial charge is 0.249 e. The van der Waals surface area contributed by atoms with E-state index in [1.54, 1.807) is 6.07 Å². The topological polar surface area (TPSA) is 133 Å². The molecule has 170 valence electrons. The molecule has 0 bridgehead atoms. The van der Waals surface area contributed by atoms with Crippen molar-refractivity contribution in [3.63, 3.8) is 0 Å². The molecule has 0 aliphatic carbocycles. The molecule has 3 aromatic rings. The summed E-state index contributed by atoms with van der Waals surface area (Å²) in [5, 5.41) is 38.7. The number of ether oxygens (including phenoxy) is 1. The van der Waals surface area contributed by atoms with Crippen LogP contribution < -0.4 is 5.56 Å². The predicted molar refractivity (Wildman–Crippen MR) is 105 cm³/mol. The number of nitrogens with one attached hydrogen (secondary N) is 1. The first-order valence-electron chi connectivity index (χ1n) is 9.33. The van der Waals surface area contributed by atoms with E-state index in [2.05, 4.69) is 15.3 Å². The van der Waals surface area contributed by atoms with Crippen LogP contribution in [-0.4, -0.2) is 65.7 Å². The molecule has 2 unspecified atom stereocenters. The summed E-state index contributed by atoms with van der Waals surface area (Å²) in [5.41, 5.74) is -1.50. The Morgan fingerprint density at radius 2 is 1.88 bits per heavy atom. The number of aromatic nitrogens is 4. The van der Waals surface area contributed by atoms with Gasteiger partial charge in [0.15, 0.2) is 17.5 Å². The van der Waals surface area contributed by atoms with Crippen molar-refractivity contribution in [2.75, 3.05) is 6.61 Å². The maximum atomic E-state index is 13.6. The van der Waals surface area contributed by atoms with Crippen LogP contribution in [0.2, 0.25) is 0 Å². The van der Waals surface area contributed by atoms with Gasteiger partial charge in [0.05, 0.1) is 12.8 Å². The van der Waals surface area contributed by atoms with E-state index in [1.807, 2.05) is 0 Å². The van der Waals surface area contributed by atoms with E-state index in [-0.39, 0.29) is 16.8 Å². The fourth-order valence-electron chi connectivity index (χ4n) is 3.37. The van der Waals surface area contributed by atoms with Gasteiger partial charge in [-0.3, -0.25) is 4.79 Å². The minimum Gasteiger partial charge on any atom is -0.394 e. The zero-order valence-electron chi connectivity index (χ0n) is 16.1. The molecule has 5 atom stereocenters. The van der Waals surface area contributed by atoms with Gasteiger partial charge in [0.25, 0.3) is 0 Å².